The number of hydrogen-bond donors (Lipinski definition) is 0. The number of sulfonamides is 1. The van der Waals surface area contributed by atoms with Gasteiger partial charge in [0.25, 0.3) is 0 Å². The summed E-state index contributed by atoms with van der Waals surface area (Å²) in [6, 6.07) is 3.08. The minimum absolute atomic E-state index is 0.00258. The van der Waals surface area contributed by atoms with Gasteiger partial charge in [0, 0.05) is 17.1 Å². The van der Waals surface area contributed by atoms with Crippen LogP contribution in [-0.4, -0.2) is 25.3 Å². The molecule has 1 aliphatic rings. The molecule has 0 aromatic heterocycles. The molecule has 18 heavy (non-hydrogen) atoms. The van der Waals surface area contributed by atoms with Crippen LogP contribution in [0.4, 0.5) is 0 Å². The van der Waals surface area contributed by atoms with Gasteiger partial charge in [0.15, 0.2) is 0 Å². The molecular weight excluding hydrogens is 361 g/mol. The van der Waals surface area contributed by atoms with Crippen LogP contribution in [-0.2, 0) is 10.0 Å². The molecule has 0 N–H and O–H groups in total. The van der Waals surface area contributed by atoms with Gasteiger partial charge >= 0.3 is 0 Å². The summed E-state index contributed by atoms with van der Waals surface area (Å²) in [5.41, 5.74) is 0. The van der Waals surface area contributed by atoms with Crippen molar-refractivity contribution in [1.29, 1.82) is 0 Å². The third-order valence-electron chi connectivity index (χ3n) is 3.02. The average molecular weight is 373 g/mol. The van der Waals surface area contributed by atoms with E-state index in [-0.39, 0.29) is 21.0 Å². The maximum atomic E-state index is 12.5. The number of halogens is 3. The molecule has 0 spiro atoms. The van der Waals surface area contributed by atoms with Crippen LogP contribution in [0, 0.1) is 0 Å². The molecular formula is C11H12BrCl2NO2S. The van der Waals surface area contributed by atoms with Crippen LogP contribution in [0.5, 0.6) is 0 Å². The maximum Gasteiger partial charge on any atom is 0.246 e. The fraction of sp³-hybridized carbons (Fsp3) is 0.455. The molecule has 1 aliphatic heterocycles. The fourth-order valence-corrected chi connectivity index (χ4v) is 5.74. The van der Waals surface area contributed by atoms with Gasteiger partial charge < -0.3 is 0 Å². The predicted octanol–water partition coefficient (Wildman–Crippen LogP) is 3.93. The first-order valence-electron chi connectivity index (χ1n) is 5.50. The van der Waals surface area contributed by atoms with Crippen molar-refractivity contribution in [2.75, 3.05) is 6.54 Å². The molecule has 1 atom stereocenters. The minimum Gasteiger partial charge on any atom is -0.207 e. The normalized spacial score (nSPS) is 21.4. The van der Waals surface area contributed by atoms with Crippen molar-refractivity contribution in [1.82, 2.24) is 4.31 Å². The lowest BCUT2D eigenvalue weighted by Gasteiger charge is -2.22. The molecule has 2 rings (SSSR count). The lowest BCUT2D eigenvalue weighted by Crippen LogP contribution is -2.34. The van der Waals surface area contributed by atoms with Crippen LogP contribution < -0.4 is 0 Å². The van der Waals surface area contributed by atoms with Gasteiger partial charge in [-0.1, -0.05) is 39.1 Å². The van der Waals surface area contributed by atoms with E-state index in [1.165, 1.54) is 4.31 Å². The zero-order valence-electron chi connectivity index (χ0n) is 9.66. The van der Waals surface area contributed by atoms with Crippen molar-refractivity contribution in [2.45, 2.75) is 30.7 Å². The van der Waals surface area contributed by atoms with E-state index >= 15 is 0 Å². The zero-order chi connectivity index (χ0) is 13.5. The first kappa shape index (κ1) is 14.6. The van der Waals surface area contributed by atoms with E-state index in [1.54, 1.807) is 12.1 Å². The van der Waals surface area contributed by atoms with Crippen molar-refractivity contribution in [3.05, 3.63) is 26.7 Å². The van der Waals surface area contributed by atoms with Crippen LogP contribution in [0.15, 0.2) is 21.5 Å². The second-order valence-corrected chi connectivity index (χ2v) is 7.86. The molecule has 7 heteroatoms. The number of benzene rings is 1. The standard InChI is InChI=1S/C11H12BrCl2NO2S/c1-7-3-2-4-15(7)18(16,17)11-9(13)5-8(12)6-10(11)14/h5-7H,2-4H2,1H3. The fourth-order valence-electron chi connectivity index (χ4n) is 2.16. The highest BCUT2D eigenvalue weighted by Crippen LogP contribution is 2.36. The van der Waals surface area contributed by atoms with Gasteiger partial charge in [-0.05, 0) is 31.9 Å². The second kappa shape index (κ2) is 5.29. The average Bonchev–Trinajstić information content (AvgIpc) is 2.62. The number of rotatable bonds is 2. The highest BCUT2D eigenvalue weighted by atomic mass is 79.9. The van der Waals surface area contributed by atoms with Gasteiger partial charge in [0.1, 0.15) is 4.90 Å². The van der Waals surface area contributed by atoms with Crippen molar-refractivity contribution in [3.8, 4) is 0 Å². The molecule has 100 valence electrons. The van der Waals surface area contributed by atoms with Gasteiger partial charge in [-0.25, -0.2) is 8.42 Å². The van der Waals surface area contributed by atoms with Gasteiger partial charge in [0.2, 0.25) is 10.0 Å². The Balaban J connectivity index is 2.54. The van der Waals surface area contributed by atoms with Crippen LogP contribution in [0.2, 0.25) is 10.0 Å². The molecule has 0 aliphatic carbocycles. The largest absolute Gasteiger partial charge is 0.246 e. The Morgan fingerprint density at radius 2 is 1.89 bits per heavy atom. The Morgan fingerprint density at radius 3 is 2.33 bits per heavy atom. The Hall–Kier alpha value is 0.190. The van der Waals surface area contributed by atoms with E-state index in [2.05, 4.69) is 15.9 Å². The highest BCUT2D eigenvalue weighted by molar-refractivity contribution is 9.10. The molecule has 3 nitrogen and oxygen atoms in total. The SMILES string of the molecule is CC1CCCN1S(=O)(=O)c1c(Cl)cc(Br)cc1Cl. The maximum absolute atomic E-state index is 12.5. The first-order chi connectivity index (χ1) is 8.34. The summed E-state index contributed by atoms with van der Waals surface area (Å²) in [5, 5.41) is 0.293. The van der Waals surface area contributed by atoms with Crippen molar-refractivity contribution in [3.63, 3.8) is 0 Å². The van der Waals surface area contributed by atoms with E-state index in [1.807, 2.05) is 6.92 Å². The second-order valence-electron chi connectivity index (χ2n) is 4.31. The van der Waals surface area contributed by atoms with Gasteiger partial charge in [-0.2, -0.15) is 4.31 Å². The van der Waals surface area contributed by atoms with Gasteiger partial charge in [-0.15, -0.1) is 0 Å². The van der Waals surface area contributed by atoms with Gasteiger partial charge in [0.05, 0.1) is 10.0 Å². The molecule has 1 saturated heterocycles. The topological polar surface area (TPSA) is 37.4 Å². The third-order valence-corrected chi connectivity index (χ3v) is 6.42. The molecule has 0 saturated carbocycles. The highest BCUT2D eigenvalue weighted by Gasteiger charge is 2.35. The Morgan fingerprint density at radius 1 is 1.33 bits per heavy atom. The lowest BCUT2D eigenvalue weighted by atomic mass is 10.3. The molecule has 1 fully saturated rings. The Labute approximate surface area is 125 Å². The zero-order valence-corrected chi connectivity index (χ0v) is 13.6. The lowest BCUT2D eigenvalue weighted by molar-refractivity contribution is 0.408. The van der Waals surface area contributed by atoms with E-state index in [0.717, 1.165) is 12.8 Å². The summed E-state index contributed by atoms with van der Waals surface area (Å²) in [4.78, 5) is 0.00258. The molecule has 1 heterocycles. The number of nitrogens with zero attached hydrogens (tertiary/aromatic N) is 1. The van der Waals surface area contributed by atoms with E-state index in [4.69, 9.17) is 23.2 Å². The Kier molecular flexibility index (Phi) is 4.29. The smallest absolute Gasteiger partial charge is 0.207 e. The molecule has 1 aromatic rings. The third kappa shape index (κ3) is 2.56. The van der Waals surface area contributed by atoms with Crippen LogP contribution in [0.3, 0.4) is 0 Å². The van der Waals surface area contributed by atoms with E-state index in [0.29, 0.717) is 11.0 Å². The van der Waals surface area contributed by atoms with Crippen LogP contribution >= 0.6 is 39.1 Å². The summed E-state index contributed by atoms with van der Waals surface area (Å²) in [7, 11) is -3.62. The Bertz CT molecular complexity index is 553. The van der Waals surface area contributed by atoms with Gasteiger partial charge in [-0.3, -0.25) is 0 Å². The van der Waals surface area contributed by atoms with Crippen molar-refractivity contribution >= 4 is 49.2 Å². The van der Waals surface area contributed by atoms with Crippen LogP contribution in [0.1, 0.15) is 19.8 Å². The summed E-state index contributed by atoms with van der Waals surface area (Å²) in [6.45, 7) is 2.41. The molecule has 0 radical (unpaired) electrons. The molecule has 1 aromatic carbocycles. The summed E-state index contributed by atoms with van der Waals surface area (Å²) >= 11 is 15.3. The summed E-state index contributed by atoms with van der Waals surface area (Å²) in [6.07, 6.45) is 1.73. The number of hydrogen-bond acceptors (Lipinski definition) is 2. The summed E-state index contributed by atoms with van der Waals surface area (Å²) in [5.74, 6) is 0. The molecule has 0 bridgehead atoms. The van der Waals surface area contributed by atoms with E-state index < -0.39 is 10.0 Å². The van der Waals surface area contributed by atoms with E-state index in [9.17, 15) is 8.42 Å². The quantitative estimate of drug-likeness (QED) is 0.788. The molecule has 1 unspecified atom stereocenters. The van der Waals surface area contributed by atoms with Crippen LogP contribution in [0.25, 0.3) is 0 Å². The van der Waals surface area contributed by atoms with Crippen molar-refractivity contribution < 1.29 is 8.42 Å². The summed E-state index contributed by atoms with van der Waals surface area (Å²) < 4.78 is 27.2. The van der Waals surface area contributed by atoms with Crippen molar-refractivity contribution in [2.24, 2.45) is 0 Å². The minimum atomic E-state index is -3.62. The predicted molar refractivity (Wildman–Crippen MR) is 76.7 cm³/mol. The first-order valence-corrected chi connectivity index (χ1v) is 8.49. The monoisotopic (exact) mass is 371 g/mol. The molecule has 0 amide bonds.